The summed E-state index contributed by atoms with van der Waals surface area (Å²) in [5.41, 5.74) is 1.47. The van der Waals surface area contributed by atoms with Gasteiger partial charge in [-0.15, -0.1) is 0 Å². The second kappa shape index (κ2) is 7.40. The van der Waals surface area contributed by atoms with Crippen molar-refractivity contribution in [3.8, 4) is 0 Å². The lowest BCUT2D eigenvalue weighted by atomic mass is 10.1. The van der Waals surface area contributed by atoms with E-state index in [0.29, 0.717) is 17.8 Å². The lowest BCUT2D eigenvalue weighted by Gasteiger charge is -2.06. The first-order valence-corrected chi connectivity index (χ1v) is 10.3. The molecule has 0 atom stereocenters. The van der Waals surface area contributed by atoms with Crippen molar-refractivity contribution in [1.29, 1.82) is 0 Å². The Kier molecular flexibility index (Phi) is 4.79. The highest BCUT2D eigenvalue weighted by molar-refractivity contribution is 7.91. The van der Waals surface area contributed by atoms with Crippen LogP contribution in [0.2, 0.25) is 0 Å². The number of hydrogen-bond acceptors (Lipinski definition) is 5. The van der Waals surface area contributed by atoms with E-state index >= 15 is 0 Å². The Hall–Kier alpha value is -3.25. The molecule has 6 heteroatoms. The van der Waals surface area contributed by atoms with Crippen molar-refractivity contribution in [2.75, 3.05) is 0 Å². The van der Waals surface area contributed by atoms with Crippen LogP contribution in [0.3, 0.4) is 0 Å². The minimum Gasteiger partial charge on any atom is -0.451 e. The van der Waals surface area contributed by atoms with Crippen molar-refractivity contribution in [2.45, 2.75) is 22.6 Å². The summed E-state index contributed by atoms with van der Waals surface area (Å²) in [5, 5.41) is 0.842. The lowest BCUT2D eigenvalue weighted by molar-refractivity contribution is 0.0958. The predicted octanol–water partition coefficient (Wildman–Crippen LogP) is 4.48. The van der Waals surface area contributed by atoms with E-state index in [0.717, 1.165) is 10.9 Å². The smallest absolute Gasteiger partial charge is 0.206 e. The van der Waals surface area contributed by atoms with Gasteiger partial charge in [0.1, 0.15) is 0 Å². The number of nitrogens with zero attached hydrogens (tertiary/aromatic N) is 1. The van der Waals surface area contributed by atoms with Crippen LogP contribution in [0, 0.1) is 0 Å². The number of benzene rings is 2. The van der Waals surface area contributed by atoms with E-state index < -0.39 is 9.84 Å². The lowest BCUT2D eigenvalue weighted by Crippen LogP contribution is -2.03. The summed E-state index contributed by atoms with van der Waals surface area (Å²) in [5.74, 6) is 0.212. The number of aryl methyl sites for hydroxylation is 1. The molecule has 0 spiro atoms. The number of aromatic nitrogens is 1. The minimum atomic E-state index is -3.53. The van der Waals surface area contributed by atoms with Crippen LogP contribution < -0.4 is 0 Å². The van der Waals surface area contributed by atoms with Gasteiger partial charge in [-0.1, -0.05) is 30.3 Å². The van der Waals surface area contributed by atoms with Gasteiger partial charge in [0.25, 0.3) is 0 Å². The number of pyridine rings is 1. The summed E-state index contributed by atoms with van der Waals surface area (Å²) in [6, 6.07) is 18.5. The van der Waals surface area contributed by atoms with Crippen molar-refractivity contribution < 1.29 is 17.6 Å². The van der Waals surface area contributed by atoms with Gasteiger partial charge in [-0.2, -0.15) is 0 Å². The maximum atomic E-state index is 12.6. The number of carbonyl (C=O) groups excluding carboxylic acids is 1. The largest absolute Gasteiger partial charge is 0.451 e. The molecule has 0 unspecified atom stereocenters. The van der Waals surface area contributed by atoms with Crippen molar-refractivity contribution in [3.05, 3.63) is 90.4 Å². The Morgan fingerprint density at radius 1 is 0.929 bits per heavy atom. The van der Waals surface area contributed by atoms with Gasteiger partial charge >= 0.3 is 0 Å². The van der Waals surface area contributed by atoms with Crippen LogP contribution in [0.15, 0.2) is 93.3 Å². The van der Waals surface area contributed by atoms with Gasteiger partial charge in [0, 0.05) is 18.0 Å². The number of hydrogen-bond donors (Lipinski definition) is 0. The summed E-state index contributed by atoms with van der Waals surface area (Å²) >= 11 is 0. The van der Waals surface area contributed by atoms with Crippen LogP contribution in [0.1, 0.15) is 22.5 Å². The molecule has 4 aromatic rings. The van der Waals surface area contributed by atoms with E-state index in [1.807, 2.05) is 0 Å². The van der Waals surface area contributed by atoms with Crippen LogP contribution >= 0.6 is 0 Å². The molecule has 2 aromatic carbocycles. The van der Waals surface area contributed by atoms with Crippen LogP contribution in [0.25, 0.3) is 11.0 Å². The SMILES string of the molecule is O=C(CCc1ccc(S(=O)(=O)c2ccccc2)cc1)c1cc2ccncc2o1. The second-order valence-electron chi connectivity index (χ2n) is 6.41. The molecular formula is C22H17NO4S. The topological polar surface area (TPSA) is 77.2 Å². The average Bonchev–Trinajstić information content (AvgIpc) is 3.17. The highest BCUT2D eigenvalue weighted by Gasteiger charge is 2.17. The molecule has 0 aliphatic rings. The highest BCUT2D eigenvalue weighted by Crippen LogP contribution is 2.22. The first-order chi connectivity index (χ1) is 13.5. The first kappa shape index (κ1) is 18.1. The fourth-order valence-corrected chi connectivity index (χ4v) is 4.26. The zero-order valence-electron chi connectivity index (χ0n) is 14.9. The summed E-state index contributed by atoms with van der Waals surface area (Å²) in [4.78, 5) is 16.9. The highest BCUT2D eigenvalue weighted by atomic mass is 32.2. The summed E-state index contributed by atoms with van der Waals surface area (Å²) in [7, 11) is -3.53. The van der Waals surface area contributed by atoms with Gasteiger partial charge in [0.05, 0.1) is 16.0 Å². The standard InChI is InChI=1S/C22H17NO4S/c24-20(21-14-17-12-13-23-15-22(17)27-21)11-8-16-6-9-19(10-7-16)28(25,26)18-4-2-1-3-5-18/h1-7,9-10,12-15H,8,11H2. The molecule has 4 rings (SSSR count). The number of carbonyl (C=O) groups is 1. The average molecular weight is 391 g/mol. The molecule has 0 saturated heterocycles. The zero-order valence-corrected chi connectivity index (χ0v) is 15.7. The third-order valence-electron chi connectivity index (χ3n) is 4.53. The summed E-state index contributed by atoms with van der Waals surface area (Å²) in [6.45, 7) is 0. The first-order valence-electron chi connectivity index (χ1n) is 8.80. The van der Waals surface area contributed by atoms with Crippen molar-refractivity contribution >= 4 is 26.6 Å². The Bertz CT molecular complexity index is 1190. The fraction of sp³-hybridized carbons (Fsp3) is 0.0909. The summed E-state index contributed by atoms with van der Waals surface area (Å²) < 4.78 is 30.8. The number of ketones is 1. The molecule has 0 bridgehead atoms. The molecule has 28 heavy (non-hydrogen) atoms. The molecule has 0 fully saturated rings. The molecule has 2 heterocycles. The number of furan rings is 1. The van der Waals surface area contributed by atoms with E-state index in [2.05, 4.69) is 4.98 Å². The number of Topliss-reactive ketones (excluding diaryl/α,β-unsaturated/α-hetero) is 1. The van der Waals surface area contributed by atoms with E-state index in [-0.39, 0.29) is 22.0 Å². The van der Waals surface area contributed by atoms with E-state index in [4.69, 9.17) is 4.42 Å². The maximum absolute atomic E-state index is 12.6. The predicted molar refractivity (Wildman–Crippen MR) is 105 cm³/mol. The van der Waals surface area contributed by atoms with E-state index in [9.17, 15) is 13.2 Å². The Labute approximate surface area is 162 Å². The molecule has 0 N–H and O–H groups in total. The van der Waals surface area contributed by atoms with Gasteiger partial charge in [-0.3, -0.25) is 9.78 Å². The van der Waals surface area contributed by atoms with Crippen LogP contribution in [-0.4, -0.2) is 19.2 Å². The van der Waals surface area contributed by atoms with Crippen LogP contribution in [-0.2, 0) is 16.3 Å². The summed E-state index contributed by atoms with van der Waals surface area (Å²) in [6.07, 6.45) is 4.01. The Morgan fingerprint density at radius 2 is 1.64 bits per heavy atom. The number of rotatable bonds is 6. The van der Waals surface area contributed by atoms with Gasteiger partial charge in [-0.25, -0.2) is 8.42 Å². The monoisotopic (exact) mass is 391 g/mol. The minimum absolute atomic E-state index is 0.0998. The molecule has 0 amide bonds. The van der Waals surface area contributed by atoms with Gasteiger partial charge in [0.2, 0.25) is 9.84 Å². The molecule has 5 nitrogen and oxygen atoms in total. The molecule has 0 aliphatic carbocycles. The van der Waals surface area contributed by atoms with Crippen molar-refractivity contribution in [3.63, 3.8) is 0 Å². The van der Waals surface area contributed by atoms with E-state index in [1.54, 1.807) is 79.1 Å². The van der Waals surface area contributed by atoms with Gasteiger partial charge < -0.3 is 4.42 Å². The maximum Gasteiger partial charge on any atom is 0.206 e. The molecule has 140 valence electrons. The quantitative estimate of drug-likeness (QED) is 0.453. The third-order valence-corrected chi connectivity index (χ3v) is 6.31. The molecule has 0 saturated carbocycles. The van der Waals surface area contributed by atoms with Crippen LogP contribution in [0.4, 0.5) is 0 Å². The number of sulfone groups is 1. The van der Waals surface area contributed by atoms with Gasteiger partial charge in [0.15, 0.2) is 17.1 Å². The Balaban J connectivity index is 1.45. The molecule has 0 radical (unpaired) electrons. The van der Waals surface area contributed by atoms with Crippen molar-refractivity contribution in [1.82, 2.24) is 4.98 Å². The molecular weight excluding hydrogens is 374 g/mol. The second-order valence-corrected chi connectivity index (χ2v) is 8.36. The number of fused-ring (bicyclic) bond motifs is 1. The van der Waals surface area contributed by atoms with Gasteiger partial charge in [-0.05, 0) is 48.4 Å². The Morgan fingerprint density at radius 3 is 2.36 bits per heavy atom. The molecule has 2 aromatic heterocycles. The normalized spacial score (nSPS) is 11.6. The fourth-order valence-electron chi connectivity index (χ4n) is 2.97. The zero-order chi connectivity index (χ0) is 19.6. The van der Waals surface area contributed by atoms with Crippen molar-refractivity contribution in [2.24, 2.45) is 0 Å². The van der Waals surface area contributed by atoms with Crippen LogP contribution in [0.5, 0.6) is 0 Å². The van der Waals surface area contributed by atoms with E-state index in [1.165, 1.54) is 0 Å². The molecule has 0 aliphatic heterocycles. The third kappa shape index (κ3) is 3.59.